The molecule has 0 unspecified atom stereocenters. The highest BCUT2D eigenvalue weighted by Crippen LogP contribution is 2.18. The summed E-state index contributed by atoms with van der Waals surface area (Å²) in [7, 11) is 0. The van der Waals surface area contributed by atoms with Gasteiger partial charge in [-0.3, -0.25) is 9.59 Å². The Morgan fingerprint density at radius 3 is 2.69 bits per heavy atom. The molecule has 0 spiro atoms. The quantitative estimate of drug-likeness (QED) is 0.354. The number of hydrogen-bond acceptors (Lipinski definition) is 4. The SMILES string of the molecule is C=CCOc1cccc(/C=N\NC(=O)CNC(=O)c2cccc3ccccc23)c1. The lowest BCUT2D eigenvalue weighted by Gasteiger charge is -2.07. The lowest BCUT2D eigenvalue weighted by atomic mass is 10.0. The summed E-state index contributed by atoms with van der Waals surface area (Å²) in [5.41, 5.74) is 3.69. The summed E-state index contributed by atoms with van der Waals surface area (Å²) in [5.74, 6) is -0.0515. The van der Waals surface area contributed by atoms with Gasteiger partial charge in [-0.15, -0.1) is 0 Å². The van der Waals surface area contributed by atoms with Crippen LogP contribution >= 0.6 is 0 Å². The Labute approximate surface area is 168 Å². The van der Waals surface area contributed by atoms with Crippen molar-refractivity contribution in [3.8, 4) is 5.75 Å². The molecular formula is C23H21N3O3. The number of benzene rings is 3. The molecule has 3 aromatic rings. The molecule has 0 fully saturated rings. The van der Waals surface area contributed by atoms with Crippen LogP contribution in [0.15, 0.2) is 84.5 Å². The number of rotatable bonds is 8. The van der Waals surface area contributed by atoms with Gasteiger partial charge in [0.15, 0.2) is 0 Å². The Morgan fingerprint density at radius 2 is 1.83 bits per heavy atom. The smallest absolute Gasteiger partial charge is 0.259 e. The highest BCUT2D eigenvalue weighted by molar-refractivity contribution is 6.07. The predicted octanol–water partition coefficient (Wildman–Crippen LogP) is 3.28. The molecule has 3 rings (SSSR count). The van der Waals surface area contributed by atoms with Gasteiger partial charge in [-0.25, -0.2) is 5.43 Å². The van der Waals surface area contributed by atoms with Crippen LogP contribution in [0.3, 0.4) is 0 Å². The van der Waals surface area contributed by atoms with E-state index in [2.05, 4.69) is 22.4 Å². The van der Waals surface area contributed by atoms with Crippen molar-refractivity contribution in [2.75, 3.05) is 13.2 Å². The summed E-state index contributed by atoms with van der Waals surface area (Å²) in [6.45, 7) is 3.83. The number of hydrazone groups is 1. The van der Waals surface area contributed by atoms with E-state index in [1.807, 2.05) is 54.6 Å². The number of nitrogens with one attached hydrogen (secondary N) is 2. The molecule has 0 aromatic heterocycles. The summed E-state index contributed by atoms with van der Waals surface area (Å²) in [5, 5.41) is 8.33. The molecule has 0 aliphatic rings. The zero-order chi connectivity index (χ0) is 20.5. The lowest BCUT2D eigenvalue weighted by molar-refractivity contribution is -0.120. The van der Waals surface area contributed by atoms with Gasteiger partial charge in [-0.1, -0.05) is 61.2 Å². The van der Waals surface area contributed by atoms with E-state index in [9.17, 15) is 9.59 Å². The zero-order valence-electron chi connectivity index (χ0n) is 15.8. The topological polar surface area (TPSA) is 79.8 Å². The first-order chi connectivity index (χ1) is 14.2. The van der Waals surface area contributed by atoms with Gasteiger partial charge in [0.1, 0.15) is 12.4 Å². The third-order valence-electron chi connectivity index (χ3n) is 4.07. The van der Waals surface area contributed by atoms with Crippen molar-refractivity contribution in [3.63, 3.8) is 0 Å². The Kier molecular flexibility index (Phi) is 6.73. The number of hydrogen-bond donors (Lipinski definition) is 2. The monoisotopic (exact) mass is 387 g/mol. The molecule has 0 atom stereocenters. The number of carbonyl (C=O) groups is 2. The van der Waals surface area contributed by atoms with Crippen LogP contribution in [-0.4, -0.2) is 31.2 Å². The molecule has 0 saturated carbocycles. The van der Waals surface area contributed by atoms with E-state index in [4.69, 9.17) is 4.74 Å². The van der Waals surface area contributed by atoms with Gasteiger partial charge in [0.2, 0.25) is 0 Å². The van der Waals surface area contributed by atoms with Crippen LogP contribution < -0.4 is 15.5 Å². The number of carbonyl (C=O) groups excluding carboxylic acids is 2. The molecule has 0 aliphatic heterocycles. The van der Waals surface area contributed by atoms with Crippen LogP contribution in [0.5, 0.6) is 5.75 Å². The first-order valence-electron chi connectivity index (χ1n) is 9.09. The molecule has 2 amide bonds. The third-order valence-corrected chi connectivity index (χ3v) is 4.07. The average Bonchev–Trinajstić information content (AvgIpc) is 2.76. The minimum absolute atomic E-state index is 0.179. The fourth-order valence-corrected chi connectivity index (χ4v) is 2.74. The predicted molar refractivity (Wildman–Crippen MR) is 114 cm³/mol. The Balaban J connectivity index is 1.53. The van der Waals surface area contributed by atoms with Gasteiger partial charge in [0.05, 0.1) is 12.8 Å². The van der Waals surface area contributed by atoms with E-state index in [1.165, 1.54) is 6.21 Å². The first kappa shape index (κ1) is 19.8. The van der Waals surface area contributed by atoms with E-state index < -0.39 is 5.91 Å². The van der Waals surface area contributed by atoms with Crippen molar-refractivity contribution in [2.24, 2.45) is 5.10 Å². The minimum atomic E-state index is -0.422. The fraction of sp³-hybridized carbons (Fsp3) is 0.0870. The number of fused-ring (bicyclic) bond motifs is 1. The molecule has 0 saturated heterocycles. The van der Waals surface area contributed by atoms with Crippen molar-refractivity contribution in [1.82, 2.24) is 10.7 Å². The summed E-state index contributed by atoms with van der Waals surface area (Å²) in [4.78, 5) is 24.4. The maximum atomic E-state index is 12.4. The van der Waals surface area contributed by atoms with Crippen LogP contribution in [0.1, 0.15) is 15.9 Å². The number of ether oxygens (including phenoxy) is 1. The molecule has 2 N–H and O–H groups in total. The first-order valence-corrected chi connectivity index (χ1v) is 9.09. The molecule has 0 aliphatic carbocycles. The molecule has 6 heteroatoms. The Hall–Kier alpha value is -3.93. The van der Waals surface area contributed by atoms with Crippen LogP contribution in [0.2, 0.25) is 0 Å². The van der Waals surface area contributed by atoms with E-state index in [0.717, 1.165) is 16.3 Å². The Morgan fingerprint density at radius 1 is 1.03 bits per heavy atom. The maximum absolute atomic E-state index is 12.4. The Bertz CT molecular complexity index is 1050. The minimum Gasteiger partial charge on any atom is -0.490 e. The van der Waals surface area contributed by atoms with Gasteiger partial charge < -0.3 is 10.1 Å². The molecule has 0 radical (unpaired) electrons. The summed E-state index contributed by atoms with van der Waals surface area (Å²) < 4.78 is 5.45. The lowest BCUT2D eigenvalue weighted by Crippen LogP contribution is -2.35. The summed E-state index contributed by atoms with van der Waals surface area (Å²) in [6.07, 6.45) is 3.17. The fourth-order valence-electron chi connectivity index (χ4n) is 2.74. The number of amides is 2. The van der Waals surface area contributed by atoms with Gasteiger partial charge in [0.25, 0.3) is 11.8 Å². The van der Waals surface area contributed by atoms with Crippen molar-refractivity contribution >= 4 is 28.8 Å². The van der Waals surface area contributed by atoms with Gasteiger partial charge in [-0.05, 0) is 34.5 Å². The summed E-state index contributed by atoms with van der Waals surface area (Å²) in [6, 6.07) is 20.4. The van der Waals surface area contributed by atoms with Crippen molar-refractivity contribution in [3.05, 3.63) is 90.5 Å². The maximum Gasteiger partial charge on any atom is 0.259 e. The van der Waals surface area contributed by atoms with Crippen LogP contribution in [-0.2, 0) is 4.79 Å². The van der Waals surface area contributed by atoms with E-state index in [-0.39, 0.29) is 12.5 Å². The van der Waals surface area contributed by atoms with Crippen LogP contribution in [0, 0.1) is 0 Å². The van der Waals surface area contributed by atoms with E-state index in [0.29, 0.717) is 17.9 Å². The van der Waals surface area contributed by atoms with Crippen molar-refractivity contribution in [1.29, 1.82) is 0 Å². The molecule has 146 valence electrons. The van der Waals surface area contributed by atoms with Gasteiger partial charge >= 0.3 is 0 Å². The zero-order valence-corrected chi connectivity index (χ0v) is 15.8. The normalized spacial score (nSPS) is 10.6. The van der Waals surface area contributed by atoms with Crippen LogP contribution in [0.4, 0.5) is 0 Å². The van der Waals surface area contributed by atoms with Gasteiger partial charge in [-0.2, -0.15) is 5.10 Å². The molecule has 0 bridgehead atoms. The second-order valence-electron chi connectivity index (χ2n) is 6.17. The highest BCUT2D eigenvalue weighted by Gasteiger charge is 2.10. The van der Waals surface area contributed by atoms with Crippen molar-refractivity contribution in [2.45, 2.75) is 0 Å². The third kappa shape index (κ3) is 5.52. The average molecular weight is 387 g/mol. The van der Waals surface area contributed by atoms with E-state index >= 15 is 0 Å². The summed E-state index contributed by atoms with van der Waals surface area (Å²) >= 11 is 0. The van der Waals surface area contributed by atoms with Gasteiger partial charge in [0, 0.05) is 5.56 Å². The standard InChI is InChI=1S/C23H21N3O3/c1-2-13-29-19-10-5-7-17(14-19)15-25-26-22(27)16-24-23(28)21-12-6-9-18-8-3-4-11-20(18)21/h2-12,14-15H,1,13,16H2,(H,24,28)(H,26,27)/b25-15-. The van der Waals surface area contributed by atoms with Crippen molar-refractivity contribution < 1.29 is 14.3 Å². The molecule has 6 nitrogen and oxygen atoms in total. The second-order valence-corrected chi connectivity index (χ2v) is 6.17. The number of nitrogens with zero attached hydrogens (tertiary/aromatic N) is 1. The largest absolute Gasteiger partial charge is 0.490 e. The molecule has 29 heavy (non-hydrogen) atoms. The highest BCUT2D eigenvalue weighted by atomic mass is 16.5. The van der Waals surface area contributed by atoms with E-state index in [1.54, 1.807) is 18.2 Å². The van der Waals surface area contributed by atoms with Crippen LogP contribution in [0.25, 0.3) is 10.8 Å². The molecular weight excluding hydrogens is 366 g/mol. The molecule has 0 heterocycles. The second kappa shape index (κ2) is 9.85. The molecule has 3 aromatic carbocycles.